The summed E-state index contributed by atoms with van der Waals surface area (Å²) in [7, 11) is 1.63. The van der Waals surface area contributed by atoms with Crippen LogP contribution < -0.4 is 10.6 Å². The molecule has 1 heterocycles. The molecule has 0 aliphatic heterocycles. The number of hydrogen-bond donors (Lipinski definition) is 2. The quantitative estimate of drug-likeness (QED) is 0.792. The summed E-state index contributed by atoms with van der Waals surface area (Å²) >= 11 is 0. The lowest BCUT2D eigenvalue weighted by atomic mass is 10.1. The maximum atomic E-state index is 12.1. The molecule has 0 fully saturated rings. The first-order chi connectivity index (χ1) is 9.00. The van der Waals surface area contributed by atoms with Crippen LogP contribution in [-0.2, 0) is 4.74 Å². The second-order valence-electron chi connectivity index (χ2n) is 4.99. The summed E-state index contributed by atoms with van der Waals surface area (Å²) in [4.78, 5) is 16.2. The molecule has 1 rings (SSSR count). The van der Waals surface area contributed by atoms with Gasteiger partial charge in [0.25, 0.3) is 5.91 Å². The Kier molecular flexibility index (Phi) is 5.76. The minimum Gasteiger partial charge on any atom is -0.384 e. The maximum absolute atomic E-state index is 12.1. The van der Waals surface area contributed by atoms with Crippen LogP contribution in [0.15, 0.2) is 18.5 Å². The van der Waals surface area contributed by atoms with Crippen molar-refractivity contribution in [3.8, 4) is 0 Å². The Morgan fingerprint density at radius 2 is 2.21 bits per heavy atom. The van der Waals surface area contributed by atoms with Crippen molar-refractivity contribution in [2.45, 2.75) is 32.8 Å². The van der Waals surface area contributed by atoms with E-state index in [0.717, 1.165) is 18.7 Å². The highest BCUT2D eigenvalue weighted by molar-refractivity contribution is 5.99. The van der Waals surface area contributed by atoms with Crippen LogP contribution in [0.25, 0.3) is 0 Å². The van der Waals surface area contributed by atoms with Gasteiger partial charge in [-0.15, -0.1) is 0 Å². The Balaban J connectivity index is 2.71. The van der Waals surface area contributed by atoms with Crippen molar-refractivity contribution in [1.82, 2.24) is 10.3 Å². The van der Waals surface area contributed by atoms with Crippen molar-refractivity contribution in [2.24, 2.45) is 0 Å². The number of ether oxygens (including phenoxy) is 1. The van der Waals surface area contributed by atoms with Gasteiger partial charge in [-0.25, -0.2) is 0 Å². The van der Waals surface area contributed by atoms with Crippen molar-refractivity contribution < 1.29 is 9.53 Å². The summed E-state index contributed by atoms with van der Waals surface area (Å²) in [5, 5.41) is 6.09. The number of rotatable bonds is 7. The van der Waals surface area contributed by atoms with E-state index in [4.69, 9.17) is 4.74 Å². The van der Waals surface area contributed by atoms with Gasteiger partial charge in [-0.3, -0.25) is 9.78 Å². The molecule has 1 amide bonds. The molecule has 19 heavy (non-hydrogen) atoms. The van der Waals surface area contributed by atoms with Gasteiger partial charge in [0.2, 0.25) is 0 Å². The van der Waals surface area contributed by atoms with Gasteiger partial charge in [-0.05, 0) is 26.3 Å². The smallest absolute Gasteiger partial charge is 0.255 e. The van der Waals surface area contributed by atoms with Crippen molar-refractivity contribution in [2.75, 3.05) is 25.5 Å². The van der Waals surface area contributed by atoms with Gasteiger partial charge in [0.1, 0.15) is 0 Å². The highest BCUT2D eigenvalue weighted by atomic mass is 16.5. The van der Waals surface area contributed by atoms with Crippen molar-refractivity contribution in [1.29, 1.82) is 0 Å². The van der Waals surface area contributed by atoms with E-state index in [9.17, 15) is 4.79 Å². The Hall–Kier alpha value is -1.62. The molecule has 0 radical (unpaired) electrons. The van der Waals surface area contributed by atoms with E-state index in [-0.39, 0.29) is 11.5 Å². The SMILES string of the molecule is CCCNc1ccncc1C(=O)NCC(C)(C)OC. The molecule has 106 valence electrons. The molecule has 5 nitrogen and oxygen atoms in total. The molecule has 0 aromatic carbocycles. The molecule has 0 saturated heterocycles. The topological polar surface area (TPSA) is 63.2 Å². The summed E-state index contributed by atoms with van der Waals surface area (Å²) in [6.07, 6.45) is 4.25. The monoisotopic (exact) mass is 265 g/mol. The maximum Gasteiger partial charge on any atom is 0.255 e. The molecule has 1 aromatic heterocycles. The molecule has 0 aliphatic carbocycles. The molecular formula is C14H23N3O2. The molecule has 0 atom stereocenters. The van der Waals surface area contributed by atoms with Crippen LogP contribution in [-0.4, -0.2) is 36.7 Å². The number of aromatic nitrogens is 1. The Morgan fingerprint density at radius 1 is 1.47 bits per heavy atom. The minimum atomic E-state index is -0.380. The summed E-state index contributed by atoms with van der Waals surface area (Å²) in [5.74, 6) is -0.142. The number of anilines is 1. The summed E-state index contributed by atoms with van der Waals surface area (Å²) < 4.78 is 5.27. The number of hydrogen-bond acceptors (Lipinski definition) is 4. The zero-order valence-corrected chi connectivity index (χ0v) is 12.1. The number of methoxy groups -OCH3 is 1. The average Bonchev–Trinajstić information content (AvgIpc) is 2.43. The highest BCUT2D eigenvalue weighted by Crippen LogP contribution is 2.14. The molecule has 1 aromatic rings. The lowest BCUT2D eigenvalue weighted by Crippen LogP contribution is -2.39. The zero-order chi connectivity index (χ0) is 14.3. The average molecular weight is 265 g/mol. The first-order valence-corrected chi connectivity index (χ1v) is 6.51. The number of carbonyl (C=O) groups is 1. The first-order valence-electron chi connectivity index (χ1n) is 6.51. The molecule has 2 N–H and O–H groups in total. The van der Waals surface area contributed by atoms with Gasteiger partial charge >= 0.3 is 0 Å². The van der Waals surface area contributed by atoms with E-state index in [2.05, 4.69) is 22.5 Å². The predicted molar refractivity (Wildman–Crippen MR) is 76.4 cm³/mol. The highest BCUT2D eigenvalue weighted by Gasteiger charge is 2.19. The van der Waals surface area contributed by atoms with Crippen LogP contribution in [0.5, 0.6) is 0 Å². The molecule has 0 saturated carbocycles. The third kappa shape index (κ3) is 4.87. The van der Waals surface area contributed by atoms with Crippen LogP contribution in [0.2, 0.25) is 0 Å². The number of pyridine rings is 1. The van der Waals surface area contributed by atoms with Gasteiger partial charge in [-0.1, -0.05) is 6.92 Å². The number of carbonyl (C=O) groups excluding carboxylic acids is 1. The van der Waals surface area contributed by atoms with Crippen molar-refractivity contribution in [3.63, 3.8) is 0 Å². The fraction of sp³-hybridized carbons (Fsp3) is 0.571. The second-order valence-corrected chi connectivity index (χ2v) is 4.99. The number of nitrogens with zero attached hydrogens (tertiary/aromatic N) is 1. The van der Waals surface area contributed by atoms with Gasteiger partial charge < -0.3 is 15.4 Å². The van der Waals surface area contributed by atoms with Gasteiger partial charge in [0.05, 0.1) is 16.9 Å². The third-order valence-electron chi connectivity index (χ3n) is 2.86. The molecule has 5 heteroatoms. The van der Waals surface area contributed by atoms with Crippen LogP contribution in [0.1, 0.15) is 37.6 Å². The Bertz CT molecular complexity index is 419. The molecule has 0 unspecified atom stereocenters. The summed E-state index contributed by atoms with van der Waals surface area (Å²) in [6.45, 7) is 7.20. The Morgan fingerprint density at radius 3 is 2.84 bits per heavy atom. The van der Waals surface area contributed by atoms with Crippen molar-refractivity contribution >= 4 is 11.6 Å². The lowest BCUT2D eigenvalue weighted by molar-refractivity contribution is 0.0229. The van der Waals surface area contributed by atoms with Gasteiger partial charge in [0.15, 0.2) is 0 Å². The van der Waals surface area contributed by atoms with E-state index >= 15 is 0 Å². The fourth-order valence-corrected chi connectivity index (χ4v) is 1.45. The zero-order valence-electron chi connectivity index (χ0n) is 12.1. The minimum absolute atomic E-state index is 0.142. The lowest BCUT2D eigenvalue weighted by Gasteiger charge is -2.23. The number of amides is 1. The predicted octanol–water partition coefficient (Wildman–Crippen LogP) is 2.06. The summed E-state index contributed by atoms with van der Waals surface area (Å²) in [5.41, 5.74) is 0.988. The standard InChI is InChI=1S/C14H23N3O2/c1-5-7-16-12-6-8-15-9-11(12)13(18)17-10-14(2,3)19-4/h6,8-9H,5,7,10H2,1-4H3,(H,15,16)(H,17,18). The van der Waals surface area contributed by atoms with Crippen LogP contribution in [0.3, 0.4) is 0 Å². The van der Waals surface area contributed by atoms with E-state index in [0.29, 0.717) is 12.1 Å². The second kappa shape index (κ2) is 7.09. The van der Waals surface area contributed by atoms with E-state index < -0.39 is 0 Å². The van der Waals surface area contributed by atoms with E-state index in [1.54, 1.807) is 19.5 Å². The van der Waals surface area contributed by atoms with Crippen LogP contribution in [0, 0.1) is 0 Å². The van der Waals surface area contributed by atoms with E-state index in [1.165, 1.54) is 0 Å². The molecule has 0 aliphatic rings. The normalized spacial score (nSPS) is 11.2. The van der Waals surface area contributed by atoms with Crippen molar-refractivity contribution in [3.05, 3.63) is 24.0 Å². The largest absolute Gasteiger partial charge is 0.384 e. The van der Waals surface area contributed by atoms with Gasteiger partial charge in [-0.2, -0.15) is 0 Å². The molecule has 0 bridgehead atoms. The Labute approximate surface area is 114 Å². The fourth-order valence-electron chi connectivity index (χ4n) is 1.45. The first kappa shape index (κ1) is 15.4. The van der Waals surface area contributed by atoms with Crippen LogP contribution >= 0.6 is 0 Å². The third-order valence-corrected chi connectivity index (χ3v) is 2.86. The molecular weight excluding hydrogens is 242 g/mol. The van der Waals surface area contributed by atoms with E-state index in [1.807, 2.05) is 19.9 Å². The van der Waals surface area contributed by atoms with Crippen LogP contribution in [0.4, 0.5) is 5.69 Å². The summed E-state index contributed by atoms with van der Waals surface area (Å²) in [6, 6.07) is 1.81. The molecule has 0 spiro atoms. The van der Waals surface area contributed by atoms with Gasteiger partial charge in [0, 0.05) is 32.6 Å². The number of nitrogens with one attached hydrogen (secondary N) is 2.